The molecule has 10 heteroatoms. The third-order valence-electron chi connectivity index (χ3n) is 5.00. The molecule has 0 unspecified atom stereocenters. The zero-order valence-corrected chi connectivity index (χ0v) is 16.9. The van der Waals surface area contributed by atoms with Crippen LogP contribution in [0.5, 0.6) is 0 Å². The molecule has 0 spiro atoms. The largest absolute Gasteiger partial charge is 0.452 e. The average Bonchev–Trinajstić information content (AvgIpc) is 2.98. The molecule has 0 bridgehead atoms. The molecule has 1 aliphatic rings. The molecule has 1 heterocycles. The molecule has 0 N–H and O–H groups in total. The molecular weight excluding hydrogens is 388 g/mol. The number of nitro benzene ring substituents is 1. The highest BCUT2D eigenvalue weighted by Crippen LogP contribution is 2.23. The van der Waals surface area contributed by atoms with E-state index in [0.717, 1.165) is 0 Å². The minimum absolute atomic E-state index is 0.0144. The molecule has 1 amide bonds. The highest BCUT2D eigenvalue weighted by molar-refractivity contribution is 7.91. The molecule has 1 aromatic carbocycles. The molecule has 1 saturated heterocycles. The van der Waals surface area contributed by atoms with Gasteiger partial charge in [0.1, 0.15) is 0 Å². The summed E-state index contributed by atoms with van der Waals surface area (Å²) >= 11 is 0. The van der Waals surface area contributed by atoms with Crippen LogP contribution in [0.15, 0.2) is 18.2 Å². The Hall–Kier alpha value is -2.49. The highest BCUT2D eigenvalue weighted by Gasteiger charge is 2.36. The number of rotatable bonds is 7. The van der Waals surface area contributed by atoms with Gasteiger partial charge in [-0.2, -0.15) is 0 Å². The van der Waals surface area contributed by atoms with E-state index in [1.165, 1.54) is 30.0 Å². The van der Waals surface area contributed by atoms with E-state index in [9.17, 15) is 28.1 Å². The Kier molecular flexibility index (Phi) is 6.76. The van der Waals surface area contributed by atoms with Crippen molar-refractivity contribution in [2.75, 3.05) is 18.1 Å². The molecule has 0 aromatic heterocycles. The SMILES string of the molecule is CC[C@@H](C)N(C(=O)COC(=O)c1cccc([N+](=O)[O-])c1C)[C@H]1CCS(=O)(=O)C1. The Labute approximate surface area is 163 Å². The highest BCUT2D eigenvalue weighted by atomic mass is 32.2. The fourth-order valence-electron chi connectivity index (χ4n) is 3.32. The van der Waals surface area contributed by atoms with Crippen molar-refractivity contribution in [3.8, 4) is 0 Å². The first-order valence-electron chi connectivity index (χ1n) is 9.00. The summed E-state index contributed by atoms with van der Waals surface area (Å²) in [4.78, 5) is 36.9. The van der Waals surface area contributed by atoms with Gasteiger partial charge in [-0.25, -0.2) is 13.2 Å². The van der Waals surface area contributed by atoms with Gasteiger partial charge in [0.15, 0.2) is 16.4 Å². The van der Waals surface area contributed by atoms with E-state index in [-0.39, 0.29) is 34.4 Å². The molecule has 1 aromatic rings. The molecule has 0 saturated carbocycles. The Morgan fingerprint density at radius 3 is 2.61 bits per heavy atom. The summed E-state index contributed by atoms with van der Waals surface area (Å²) in [5, 5.41) is 11.0. The summed E-state index contributed by atoms with van der Waals surface area (Å²) < 4.78 is 28.6. The number of esters is 1. The standard InChI is InChI=1S/C18H24N2O7S/c1-4-12(2)19(14-8-9-28(25,26)11-14)17(21)10-27-18(22)15-6-5-7-16(13(15)3)20(23)24/h5-7,12,14H,4,8-11H2,1-3H3/t12-,14+/m1/s1. The average molecular weight is 412 g/mol. The number of nitrogens with zero attached hydrogens (tertiary/aromatic N) is 2. The van der Waals surface area contributed by atoms with Crippen LogP contribution in [-0.2, 0) is 19.4 Å². The van der Waals surface area contributed by atoms with Crippen LogP contribution in [0.2, 0.25) is 0 Å². The second-order valence-electron chi connectivity index (χ2n) is 6.90. The zero-order valence-electron chi connectivity index (χ0n) is 16.1. The molecular formula is C18H24N2O7S. The second-order valence-corrected chi connectivity index (χ2v) is 9.13. The maximum Gasteiger partial charge on any atom is 0.339 e. The van der Waals surface area contributed by atoms with Crippen LogP contribution in [0.3, 0.4) is 0 Å². The Morgan fingerprint density at radius 2 is 2.07 bits per heavy atom. The number of hydrogen-bond acceptors (Lipinski definition) is 7. The lowest BCUT2D eigenvalue weighted by Gasteiger charge is -2.33. The van der Waals surface area contributed by atoms with Crippen molar-refractivity contribution in [3.05, 3.63) is 39.4 Å². The normalized spacial score (nSPS) is 19.0. The van der Waals surface area contributed by atoms with Crippen LogP contribution in [0.1, 0.15) is 42.6 Å². The smallest absolute Gasteiger partial charge is 0.339 e. The second kappa shape index (κ2) is 8.68. The number of hydrogen-bond donors (Lipinski definition) is 0. The van der Waals surface area contributed by atoms with E-state index in [2.05, 4.69) is 0 Å². The van der Waals surface area contributed by atoms with Gasteiger partial charge in [0, 0.05) is 23.7 Å². The summed E-state index contributed by atoms with van der Waals surface area (Å²) in [6.45, 7) is 4.58. The summed E-state index contributed by atoms with van der Waals surface area (Å²) in [5.41, 5.74) is -0.0377. The fraction of sp³-hybridized carbons (Fsp3) is 0.556. The molecule has 0 aliphatic carbocycles. The van der Waals surface area contributed by atoms with Gasteiger partial charge in [0.2, 0.25) is 0 Å². The van der Waals surface area contributed by atoms with Gasteiger partial charge in [0.05, 0.1) is 22.0 Å². The predicted octanol–water partition coefficient (Wildman–Crippen LogP) is 1.87. The quantitative estimate of drug-likeness (QED) is 0.380. The lowest BCUT2D eigenvalue weighted by atomic mass is 10.1. The van der Waals surface area contributed by atoms with Crippen molar-refractivity contribution >= 4 is 27.4 Å². The maximum atomic E-state index is 12.7. The summed E-state index contributed by atoms with van der Waals surface area (Å²) in [6, 6.07) is 3.40. The molecule has 9 nitrogen and oxygen atoms in total. The number of carbonyl (C=O) groups is 2. The van der Waals surface area contributed by atoms with E-state index in [0.29, 0.717) is 12.8 Å². The summed E-state index contributed by atoms with van der Waals surface area (Å²) in [6.07, 6.45) is 0.983. The van der Waals surface area contributed by atoms with Gasteiger partial charge < -0.3 is 9.64 Å². The van der Waals surface area contributed by atoms with E-state index >= 15 is 0 Å². The number of amides is 1. The Bertz CT molecular complexity index is 882. The van der Waals surface area contributed by atoms with Crippen molar-refractivity contribution in [3.63, 3.8) is 0 Å². The topological polar surface area (TPSA) is 124 Å². The van der Waals surface area contributed by atoms with Crippen molar-refractivity contribution in [2.45, 2.75) is 45.7 Å². The third-order valence-corrected chi connectivity index (χ3v) is 6.75. The van der Waals surface area contributed by atoms with Gasteiger partial charge in [-0.05, 0) is 32.8 Å². The van der Waals surface area contributed by atoms with Crippen LogP contribution >= 0.6 is 0 Å². The Balaban J connectivity index is 2.11. The summed E-state index contributed by atoms with van der Waals surface area (Å²) in [5.74, 6) is -1.38. The molecule has 1 fully saturated rings. The van der Waals surface area contributed by atoms with Gasteiger partial charge in [-0.15, -0.1) is 0 Å². The van der Waals surface area contributed by atoms with Crippen LogP contribution in [-0.4, -0.2) is 60.3 Å². The third kappa shape index (κ3) is 4.86. The van der Waals surface area contributed by atoms with Crippen LogP contribution < -0.4 is 0 Å². The predicted molar refractivity (Wildman–Crippen MR) is 102 cm³/mol. The molecule has 0 radical (unpaired) electrons. The van der Waals surface area contributed by atoms with Crippen LogP contribution in [0, 0.1) is 17.0 Å². The first kappa shape index (κ1) is 21.8. The van der Waals surface area contributed by atoms with Gasteiger partial charge >= 0.3 is 5.97 Å². The van der Waals surface area contributed by atoms with E-state index < -0.39 is 39.3 Å². The monoisotopic (exact) mass is 412 g/mol. The zero-order chi connectivity index (χ0) is 21.1. The Morgan fingerprint density at radius 1 is 1.39 bits per heavy atom. The van der Waals surface area contributed by atoms with Crippen molar-refractivity contribution < 1.29 is 27.7 Å². The number of benzene rings is 1. The van der Waals surface area contributed by atoms with Crippen LogP contribution in [0.25, 0.3) is 0 Å². The van der Waals surface area contributed by atoms with Crippen LogP contribution in [0.4, 0.5) is 5.69 Å². The number of nitro groups is 1. The minimum atomic E-state index is -3.17. The number of sulfone groups is 1. The first-order chi connectivity index (χ1) is 13.1. The fourth-order valence-corrected chi connectivity index (χ4v) is 5.03. The van der Waals surface area contributed by atoms with Gasteiger partial charge in [-0.3, -0.25) is 14.9 Å². The molecule has 1 aliphatic heterocycles. The van der Waals surface area contributed by atoms with Gasteiger partial charge in [0.25, 0.3) is 11.6 Å². The molecule has 154 valence electrons. The van der Waals surface area contributed by atoms with Crippen molar-refractivity contribution in [1.29, 1.82) is 0 Å². The minimum Gasteiger partial charge on any atom is -0.452 e. The first-order valence-corrected chi connectivity index (χ1v) is 10.8. The van der Waals surface area contributed by atoms with E-state index in [4.69, 9.17) is 4.74 Å². The van der Waals surface area contributed by atoms with Crippen molar-refractivity contribution in [2.24, 2.45) is 0 Å². The molecule has 2 atom stereocenters. The number of carbonyl (C=O) groups excluding carboxylic acids is 2. The lowest BCUT2D eigenvalue weighted by molar-refractivity contribution is -0.385. The van der Waals surface area contributed by atoms with E-state index in [1.54, 1.807) is 0 Å². The molecule has 28 heavy (non-hydrogen) atoms. The van der Waals surface area contributed by atoms with E-state index in [1.807, 2.05) is 13.8 Å². The van der Waals surface area contributed by atoms with Gasteiger partial charge in [-0.1, -0.05) is 13.0 Å². The maximum absolute atomic E-state index is 12.7. The van der Waals surface area contributed by atoms with Crippen molar-refractivity contribution in [1.82, 2.24) is 4.90 Å². The summed E-state index contributed by atoms with van der Waals surface area (Å²) in [7, 11) is -3.17. The molecule has 2 rings (SSSR count). The number of ether oxygens (including phenoxy) is 1. The lowest BCUT2D eigenvalue weighted by Crippen LogP contribution is -2.48.